The van der Waals surface area contributed by atoms with Gasteiger partial charge in [0.2, 0.25) is 0 Å². The maximum absolute atomic E-state index is 12.0. The number of ether oxygens (including phenoxy) is 3. The molecule has 2 aromatic rings. The second kappa shape index (κ2) is 7.45. The first-order chi connectivity index (χ1) is 11.7. The summed E-state index contributed by atoms with van der Waals surface area (Å²) < 4.78 is 16.4. The van der Waals surface area contributed by atoms with Gasteiger partial charge in [0.15, 0.2) is 18.1 Å². The van der Waals surface area contributed by atoms with E-state index in [0.717, 1.165) is 23.3 Å². The monoisotopic (exact) mass is 347 g/mol. The van der Waals surface area contributed by atoms with Crippen LogP contribution in [0.25, 0.3) is 0 Å². The SMILES string of the molecule is COc1ccc(Cl)cc1CNC(=O)COc1cccc2c1OCC2. The van der Waals surface area contributed by atoms with Gasteiger partial charge in [-0.1, -0.05) is 23.7 Å². The Morgan fingerprint density at radius 3 is 3.00 bits per heavy atom. The van der Waals surface area contributed by atoms with Gasteiger partial charge >= 0.3 is 0 Å². The van der Waals surface area contributed by atoms with Crippen LogP contribution in [0.1, 0.15) is 11.1 Å². The van der Waals surface area contributed by atoms with Crippen LogP contribution < -0.4 is 19.5 Å². The van der Waals surface area contributed by atoms with E-state index in [4.69, 9.17) is 25.8 Å². The molecule has 3 rings (SSSR count). The van der Waals surface area contributed by atoms with Crippen LogP contribution in [0.4, 0.5) is 0 Å². The minimum Gasteiger partial charge on any atom is -0.496 e. The Morgan fingerprint density at radius 2 is 2.17 bits per heavy atom. The van der Waals surface area contributed by atoms with Crippen LogP contribution in [0.15, 0.2) is 36.4 Å². The van der Waals surface area contributed by atoms with Crippen LogP contribution in [0.2, 0.25) is 5.02 Å². The number of carbonyl (C=O) groups excluding carboxylic acids is 1. The average molecular weight is 348 g/mol. The standard InChI is InChI=1S/C18H18ClNO4/c1-22-15-6-5-14(19)9-13(15)10-20-17(21)11-24-16-4-2-3-12-7-8-23-18(12)16/h2-6,9H,7-8,10-11H2,1H3,(H,20,21). The first kappa shape index (κ1) is 16.5. The molecule has 0 fully saturated rings. The third-order valence-corrected chi connectivity index (χ3v) is 3.99. The second-order valence-corrected chi connectivity index (χ2v) is 5.80. The summed E-state index contributed by atoms with van der Waals surface area (Å²) in [5.41, 5.74) is 1.92. The van der Waals surface area contributed by atoms with E-state index in [0.29, 0.717) is 29.7 Å². The summed E-state index contributed by atoms with van der Waals surface area (Å²) in [5.74, 6) is 1.78. The molecule has 0 atom stereocenters. The van der Waals surface area contributed by atoms with Crippen molar-refractivity contribution < 1.29 is 19.0 Å². The fourth-order valence-corrected chi connectivity index (χ4v) is 2.77. The summed E-state index contributed by atoms with van der Waals surface area (Å²) in [6.07, 6.45) is 0.868. The highest BCUT2D eigenvalue weighted by Crippen LogP contribution is 2.35. The zero-order valence-corrected chi connectivity index (χ0v) is 14.1. The fourth-order valence-electron chi connectivity index (χ4n) is 2.57. The maximum atomic E-state index is 12.0. The molecule has 1 N–H and O–H groups in total. The van der Waals surface area contributed by atoms with Crippen molar-refractivity contribution in [3.8, 4) is 17.2 Å². The van der Waals surface area contributed by atoms with Crippen LogP contribution in [0.5, 0.6) is 17.2 Å². The number of fused-ring (bicyclic) bond motifs is 1. The largest absolute Gasteiger partial charge is 0.496 e. The van der Waals surface area contributed by atoms with Gasteiger partial charge in [-0.15, -0.1) is 0 Å². The predicted molar refractivity (Wildman–Crippen MR) is 91.0 cm³/mol. The van der Waals surface area contributed by atoms with Gasteiger partial charge in [-0.3, -0.25) is 4.79 Å². The van der Waals surface area contributed by atoms with Crippen molar-refractivity contribution in [2.24, 2.45) is 0 Å². The van der Waals surface area contributed by atoms with E-state index >= 15 is 0 Å². The topological polar surface area (TPSA) is 56.8 Å². The molecule has 0 aliphatic carbocycles. The van der Waals surface area contributed by atoms with Crippen molar-refractivity contribution in [2.45, 2.75) is 13.0 Å². The number of nitrogens with one attached hydrogen (secondary N) is 1. The highest BCUT2D eigenvalue weighted by Gasteiger charge is 2.17. The molecule has 24 heavy (non-hydrogen) atoms. The number of halogens is 1. The third kappa shape index (κ3) is 3.74. The normalized spacial score (nSPS) is 12.2. The molecule has 0 saturated heterocycles. The van der Waals surface area contributed by atoms with Crippen LogP contribution in [-0.2, 0) is 17.8 Å². The highest BCUT2D eigenvalue weighted by molar-refractivity contribution is 6.30. The Hall–Kier alpha value is -2.40. The van der Waals surface area contributed by atoms with Crippen molar-refractivity contribution in [3.63, 3.8) is 0 Å². The van der Waals surface area contributed by atoms with E-state index in [2.05, 4.69) is 5.32 Å². The molecular formula is C18H18ClNO4. The van der Waals surface area contributed by atoms with E-state index in [-0.39, 0.29) is 12.5 Å². The second-order valence-electron chi connectivity index (χ2n) is 5.36. The number of carbonyl (C=O) groups is 1. The number of hydrogen-bond donors (Lipinski definition) is 1. The zero-order chi connectivity index (χ0) is 16.9. The quantitative estimate of drug-likeness (QED) is 0.872. The maximum Gasteiger partial charge on any atom is 0.258 e. The molecule has 0 bridgehead atoms. The van der Waals surface area contributed by atoms with Crippen molar-refractivity contribution >= 4 is 17.5 Å². The lowest BCUT2D eigenvalue weighted by Gasteiger charge is -2.12. The lowest BCUT2D eigenvalue weighted by molar-refractivity contribution is -0.123. The molecule has 1 aliphatic rings. The summed E-state index contributed by atoms with van der Waals surface area (Å²) in [5, 5.41) is 3.39. The van der Waals surface area contributed by atoms with Gasteiger partial charge in [0, 0.05) is 29.1 Å². The van der Waals surface area contributed by atoms with Crippen molar-refractivity contribution in [3.05, 3.63) is 52.5 Å². The summed E-state index contributed by atoms with van der Waals surface area (Å²) in [6.45, 7) is 0.883. The summed E-state index contributed by atoms with van der Waals surface area (Å²) in [4.78, 5) is 12.0. The molecule has 126 valence electrons. The van der Waals surface area contributed by atoms with Crippen molar-refractivity contribution in [1.29, 1.82) is 0 Å². The van der Waals surface area contributed by atoms with Gasteiger partial charge in [-0.2, -0.15) is 0 Å². The van der Waals surface area contributed by atoms with E-state index in [9.17, 15) is 4.79 Å². The van der Waals surface area contributed by atoms with Crippen LogP contribution in [0, 0.1) is 0 Å². The molecular weight excluding hydrogens is 330 g/mol. The Balaban J connectivity index is 1.55. The number of hydrogen-bond acceptors (Lipinski definition) is 4. The summed E-state index contributed by atoms with van der Waals surface area (Å²) >= 11 is 5.98. The van der Waals surface area contributed by atoms with Gasteiger partial charge < -0.3 is 19.5 Å². The Morgan fingerprint density at radius 1 is 1.29 bits per heavy atom. The van der Waals surface area contributed by atoms with Crippen molar-refractivity contribution in [1.82, 2.24) is 5.32 Å². The molecule has 0 unspecified atom stereocenters. The molecule has 1 amide bonds. The summed E-state index contributed by atoms with van der Waals surface area (Å²) in [7, 11) is 1.58. The first-order valence-corrected chi connectivity index (χ1v) is 8.02. The molecule has 0 saturated carbocycles. The van der Waals surface area contributed by atoms with Crippen LogP contribution >= 0.6 is 11.6 Å². The molecule has 5 nitrogen and oxygen atoms in total. The van der Waals surface area contributed by atoms with Gasteiger partial charge in [0.25, 0.3) is 5.91 Å². The first-order valence-electron chi connectivity index (χ1n) is 7.64. The van der Waals surface area contributed by atoms with E-state index in [1.54, 1.807) is 31.4 Å². The highest BCUT2D eigenvalue weighted by atomic mass is 35.5. The molecule has 0 aromatic heterocycles. The molecule has 6 heteroatoms. The number of methoxy groups -OCH3 is 1. The van der Waals surface area contributed by atoms with Gasteiger partial charge in [0.1, 0.15) is 5.75 Å². The van der Waals surface area contributed by atoms with Crippen molar-refractivity contribution in [2.75, 3.05) is 20.3 Å². The lowest BCUT2D eigenvalue weighted by Crippen LogP contribution is -2.28. The zero-order valence-electron chi connectivity index (χ0n) is 13.3. The number of amides is 1. The van der Waals surface area contributed by atoms with E-state index in [1.807, 2.05) is 12.1 Å². The van der Waals surface area contributed by atoms with Gasteiger partial charge in [0.05, 0.1) is 13.7 Å². The number of benzene rings is 2. The van der Waals surface area contributed by atoms with Gasteiger partial charge in [-0.05, 0) is 24.3 Å². The predicted octanol–water partition coefficient (Wildman–Crippen LogP) is 2.98. The Kier molecular flexibility index (Phi) is 5.11. The van der Waals surface area contributed by atoms with Crippen LogP contribution in [-0.4, -0.2) is 26.2 Å². The molecule has 0 spiro atoms. The third-order valence-electron chi connectivity index (χ3n) is 3.76. The van der Waals surface area contributed by atoms with Crippen LogP contribution in [0.3, 0.4) is 0 Å². The fraction of sp³-hybridized carbons (Fsp3) is 0.278. The molecule has 1 heterocycles. The Labute approximate surface area is 145 Å². The number of para-hydroxylation sites is 1. The molecule has 0 radical (unpaired) electrons. The van der Waals surface area contributed by atoms with Gasteiger partial charge in [-0.25, -0.2) is 0 Å². The van der Waals surface area contributed by atoms with E-state index < -0.39 is 0 Å². The summed E-state index contributed by atoms with van der Waals surface area (Å²) in [6, 6.07) is 11.0. The smallest absolute Gasteiger partial charge is 0.258 e. The molecule has 1 aliphatic heterocycles. The Bertz CT molecular complexity index is 740. The number of rotatable bonds is 6. The average Bonchev–Trinajstić information content (AvgIpc) is 3.07. The lowest BCUT2D eigenvalue weighted by atomic mass is 10.1. The molecule has 2 aromatic carbocycles. The minimum absolute atomic E-state index is 0.0807. The minimum atomic E-state index is -0.229. The van der Waals surface area contributed by atoms with E-state index in [1.165, 1.54) is 0 Å².